The standard InChI is InChI=1S/C28H31F3N2O3/c1-3-5-7-17-35-25(28(29,30)31)27(34)36-24-18-32-26(33-19-24)23-15-13-22(14-16-23)21-11-9-20(10-12-21)8-6-4-2/h9-16,18-19,25H,3-8,17H2,1-2H3. The summed E-state index contributed by atoms with van der Waals surface area (Å²) in [6, 6.07) is 16.1. The SMILES string of the molecule is CCCCCOC(C(=O)Oc1cnc(-c2ccc(-c3ccc(CCCC)cc3)cc2)nc1)C(F)(F)F. The molecule has 1 heterocycles. The highest BCUT2D eigenvalue weighted by molar-refractivity contribution is 5.78. The maximum atomic E-state index is 13.2. The maximum Gasteiger partial charge on any atom is 0.425 e. The van der Waals surface area contributed by atoms with E-state index < -0.39 is 18.2 Å². The molecule has 8 heteroatoms. The third-order valence-corrected chi connectivity index (χ3v) is 5.64. The van der Waals surface area contributed by atoms with E-state index >= 15 is 0 Å². The van der Waals surface area contributed by atoms with Gasteiger partial charge in [-0.1, -0.05) is 81.6 Å². The molecule has 0 N–H and O–H groups in total. The molecule has 3 aromatic rings. The number of alkyl halides is 3. The van der Waals surface area contributed by atoms with E-state index in [9.17, 15) is 18.0 Å². The molecule has 0 saturated carbocycles. The van der Waals surface area contributed by atoms with Gasteiger partial charge in [-0.05, 0) is 36.0 Å². The number of halogens is 3. The van der Waals surface area contributed by atoms with Gasteiger partial charge in [-0.3, -0.25) is 0 Å². The summed E-state index contributed by atoms with van der Waals surface area (Å²) in [7, 11) is 0. The van der Waals surface area contributed by atoms with E-state index in [1.54, 1.807) is 0 Å². The number of hydrogen-bond acceptors (Lipinski definition) is 5. The number of esters is 1. The molecule has 3 rings (SSSR count). The van der Waals surface area contributed by atoms with Crippen molar-refractivity contribution in [3.8, 4) is 28.3 Å². The molecule has 2 aromatic carbocycles. The van der Waals surface area contributed by atoms with Crippen molar-refractivity contribution in [2.45, 2.75) is 64.7 Å². The molecule has 0 fully saturated rings. The van der Waals surface area contributed by atoms with E-state index in [0.29, 0.717) is 18.7 Å². The Bertz CT molecular complexity index is 1080. The van der Waals surface area contributed by atoms with Crippen molar-refractivity contribution in [1.29, 1.82) is 0 Å². The number of carbonyl (C=O) groups is 1. The minimum Gasteiger partial charge on any atom is -0.421 e. The Balaban J connectivity index is 1.62. The first-order valence-electron chi connectivity index (χ1n) is 12.2. The zero-order chi connectivity index (χ0) is 26.0. The number of ether oxygens (including phenoxy) is 2. The zero-order valence-corrected chi connectivity index (χ0v) is 20.6. The number of benzene rings is 2. The second-order valence-electron chi connectivity index (χ2n) is 8.54. The molecular weight excluding hydrogens is 469 g/mol. The Kier molecular flexibility index (Phi) is 9.99. The van der Waals surface area contributed by atoms with Crippen molar-refractivity contribution in [3.63, 3.8) is 0 Å². The minimum absolute atomic E-state index is 0.179. The first-order valence-corrected chi connectivity index (χ1v) is 12.2. The van der Waals surface area contributed by atoms with Gasteiger partial charge in [0.15, 0.2) is 11.6 Å². The van der Waals surface area contributed by atoms with Crippen LogP contribution >= 0.6 is 0 Å². The summed E-state index contributed by atoms with van der Waals surface area (Å²) >= 11 is 0. The molecule has 1 aromatic heterocycles. The van der Waals surface area contributed by atoms with Crippen LogP contribution in [-0.4, -0.2) is 34.8 Å². The third kappa shape index (κ3) is 7.88. The Morgan fingerprint density at radius 2 is 1.39 bits per heavy atom. The maximum absolute atomic E-state index is 13.2. The molecule has 0 bridgehead atoms. The van der Waals surface area contributed by atoms with Gasteiger partial charge in [-0.25, -0.2) is 14.8 Å². The summed E-state index contributed by atoms with van der Waals surface area (Å²) < 4.78 is 49.3. The first kappa shape index (κ1) is 27.3. The van der Waals surface area contributed by atoms with Crippen LogP contribution in [0.1, 0.15) is 51.5 Å². The van der Waals surface area contributed by atoms with Crippen molar-refractivity contribution in [2.75, 3.05) is 6.61 Å². The Hall–Kier alpha value is -3.26. The zero-order valence-electron chi connectivity index (χ0n) is 20.6. The highest BCUT2D eigenvalue weighted by Gasteiger charge is 2.47. The van der Waals surface area contributed by atoms with Crippen LogP contribution in [-0.2, 0) is 16.0 Å². The molecular formula is C28H31F3N2O3. The molecule has 192 valence electrons. The number of unbranched alkanes of at least 4 members (excludes halogenated alkanes) is 3. The van der Waals surface area contributed by atoms with Crippen LogP contribution in [0.4, 0.5) is 13.2 Å². The van der Waals surface area contributed by atoms with Gasteiger partial charge in [-0.15, -0.1) is 0 Å². The van der Waals surface area contributed by atoms with Crippen LogP contribution in [0.5, 0.6) is 5.75 Å². The van der Waals surface area contributed by atoms with Crippen LogP contribution in [0.25, 0.3) is 22.5 Å². The van der Waals surface area contributed by atoms with Gasteiger partial charge in [0.1, 0.15) is 0 Å². The monoisotopic (exact) mass is 500 g/mol. The van der Waals surface area contributed by atoms with Crippen molar-refractivity contribution in [1.82, 2.24) is 9.97 Å². The summed E-state index contributed by atoms with van der Waals surface area (Å²) in [5, 5.41) is 0. The van der Waals surface area contributed by atoms with Gasteiger partial charge in [0.25, 0.3) is 6.10 Å². The van der Waals surface area contributed by atoms with E-state index in [2.05, 4.69) is 41.2 Å². The number of hydrogen-bond donors (Lipinski definition) is 0. The second kappa shape index (κ2) is 13.2. The topological polar surface area (TPSA) is 61.3 Å². The summed E-state index contributed by atoms with van der Waals surface area (Å²) in [6.45, 7) is 3.91. The lowest BCUT2D eigenvalue weighted by molar-refractivity contribution is -0.225. The van der Waals surface area contributed by atoms with Gasteiger partial charge in [0.05, 0.1) is 12.4 Å². The first-order chi connectivity index (χ1) is 17.3. The molecule has 0 aliphatic carbocycles. The molecule has 1 unspecified atom stereocenters. The van der Waals surface area contributed by atoms with Gasteiger partial charge >= 0.3 is 12.1 Å². The lowest BCUT2D eigenvalue weighted by Gasteiger charge is -2.19. The summed E-state index contributed by atoms with van der Waals surface area (Å²) in [5.41, 5.74) is 4.18. The molecule has 0 radical (unpaired) electrons. The number of aromatic nitrogens is 2. The highest BCUT2D eigenvalue weighted by Crippen LogP contribution is 2.27. The molecule has 0 amide bonds. The average molecular weight is 501 g/mol. The van der Waals surface area contributed by atoms with Gasteiger partial charge in [0, 0.05) is 12.2 Å². The van der Waals surface area contributed by atoms with Crippen molar-refractivity contribution in [2.24, 2.45) is 0 Å². The van der Waals surface area contributed by atoms with Crippen LogP contribution in [0, 0.1) is 0 Å². The number of nitrogens with zero attached hydrogens (tertiary/aromatic N) is 2. The Labute approximate surface area is 209 Å². The number of aryl methyl sites for hydroxylation is 1. The lowest BCUT2D eigenvalue weighted by Crippen LogP contribution is -2.42. The van der Waals surface area contributed by atoms with Crippen LogP contribution in [0.15, 0.2) is 60.9 Å². The van der Waals surface area contributed by atoms with Gasteiger partial charge < -0.3 is 9.47 Å². The predicted octanol–water partition coefficient (Wildman–Crippen LogP) is 7.20. The van der Waals surface area contributed by atoms with Crippen LogP contribution in [0.2, 0.25) is 0 Å². The molecule has 0 spiro atoms. The highest BCUT2D eigenvalue weighted by atomic mass is 19.4. The van der Waals surface area contributed by atoms with E-state index in [4.69, 9.17) is 9.47 Å². The molecule has 36 heavy (non-hydrogen) atoms. The fourth-order valence-corrected chi connectivity index (χ4v) is 3.59. The summed E-state index contributed by atoms with van der Waals surface area (Å²) in [5.74, 6) is -1.37. The molecule has 0 aliphatic heterocycles. The fourth-order valence-electron chi connectivity index (χ4n) is 3.59. The Morgan fingerprint density at radius 3 is 1.94 bits per heavy atom. The quantitative estimate of drug-likeness (QED) is 0.194. The van der Waals surface area contributed by atoms with Crippen molar-refractivity contribution < 1.29 is 27.4 Å². The third-order valence-electron chi connectivity index (χ3n) is 5.64. The van der Waals surface area contributed by atoms with E-state index in [-0.39, 0.29) is 12.4 Å². The molecule has 5 nitrogen and oxygen atoms in total. The van der Waals surface area contributed by atoms with E-state index in [1.165, 1.54) is 24.4 Å². The van der Waals surface area contributed by atoms with Crippen LogP contribution < -0.4 is 4.74 Å². The largest absolute Gasteiger partial charge is 0.425 e. The number of carbonyl (C=O) groups excluding carboxylic acids is 1. The number of rotatable bonds is 12. The normalized spacial score (nSPS) is 12.4. The van der Waals surface area contributed by atoms with Crippen molar-refractivity contribution >= 4 is 5.97 Å². The van der Waals surface area contributed by atoms with Gasteiger partial charge in [-0.2, -0.15) is 13.2 Å². The predicted molar refractivity (Wildman–Crippen MR) is 132 cm³/mol. The molecule has 0 saturated heterocycles. The Morgan fingerprint density at radius 1 is 0.833 bits per heavy atom. The lowest BCUT2D eigenvalue weighted by atomic mass is 10.0. The van der Waals surface area contributed by atoms with E-state index in [1.807, 2.05) is 31.2 Å². The smallest absolute Gasteiger partial charge is 0.421 e. The summed E-state index contributed by atoms with van der Waals surface area (Å²) in [4.78, 5) is 20.4. The fraction of sp³-hybridized carbons (Fsp3) is 0.393. The van der Waals surface area contributed by atoms with Crippen LogP contribution in [0.3, 0.4) is 0 Å². The minimum atomic E-state index is -4.87. The average Bonchev–Trinajstić information content (AvgIpc) is 2.87. The van der Waals surface area contributed by atoms with Gasteiger partial charge in [0.2, 0.25) is 0 Å². The van der Waals surface area contributed by atoms with E-state index in [0.717, 1.165) is 36.0 Å². The molecule has 0 aliphatic rings. The summed E-state index contributed by atoms with van der Waals surface area (Å²) in [6.07, 6.45) is 0.187. The second-order valence-corrected chi connectivity index (χ2v) is 8.54. The molecule has 1 atom stereocenters. The van der Waals surface area contributed by atoms with Crippen molar-refractivity contribution in [3.05, 3.63) is 66.5 Å².